The number of nitrogens with zero attached hydrogens (tertiary/aromatic N) is 1. The number of nitrogens with one attached hydrogen (secondary N) is 2. The molecule has 3 heterocycles. The lowest BCUT2D eigenvalue weighted by Gasteiger charge is -2.31. The standard InChI is InChI=1S/C22H19F4N3O3/c23-21(24)22(25,26)32-19-11-15(2-4-18(19)31-21)29-20-10-14-9-17(3-1-13(14)12-28-20)30-16-5-7-27-8-6-16/h1-4,9-12,16,27H,5-8H2,(H,28,29). The number of fused-ring (bicyclic) bond motifs is 2. The molecule has 0 unspecified atom stereocenters. The van der Waals surface area contributed by atoms with Crippen LogP contribution in [-0.4, -0.2) is 36.4 Å². The highest BCUT2D eigenvalue weighted by molar-refractivity contribution is 5.86. The number of piperidine rings is 1. The molecule has 5 rings (SSSR count). The van der Waals surface area contributed by atoms with E-state index in [1.807, 2.05) is 18.2 Å². The van der Waals surface area contributed by atoms with Crippen LogP contribution in [0.1, 0.15) is 12.8 Å². The van der Waals surface area contributed by atoms with Gasteiger partial charge in [0.15, 0.2) is 11.5 Å². The third-order valence-corrected chi connectivity index (χ3v) is 5.31. The molecule has 1 fully saturated rings. The number of hydrogen-bond donors (Lipinski definition) is 2. The Morgan fingerprint density at radius 2 is 1.66 bits per heavy atom. The summed E-state index contributed by atoms with van der Waals surface area (Å²) >= 11 is 0. The van der Waals surface area contributed by atoms with Crippen LogP contribution in [0.15, 0.2) is 48.7 Å². The Bertz CT molecular complexity index is 1150. The van der Waals surface area contributed by atoms with Crippen LogP contribution in [0.5, 0.6) is 17.2 Å². The molecule has 2 aliphatic heterocycles. The predicted octanol–water partition coefficient (Wildman–Crippen LogP) is 5.07. The average Bonchev–Trinajstić information content (AvgIpc) is 2.75. The number of alkyl halides is 4. The van der Waals surface area contributed by atoms with E-state index in [-0.39, 0.29) is 6.10 Å². The van der Waals surface area contributed by atoms with Gasteiger partial charge in [-0.25, -0.2) is 4.98 Å². The van der Waals surface area contributed by atoms with Crippen LogP contribution in [0, 0.1) is 0 Å². The first-order valence-electron chi connectivity index (χ1n) is 10.1. The van der Waals surface area contributed by atoms with E-state index in [4.69, 9.17) is 4.74 Å². The molecule has 0 spiro atoms. The fourth-order valence-corrected chi connectivity index (χ4v) is 3.66. The highest BCUT2D eigenvalue weighted by atomic mass is 19.3. The molecule has 0 atom stereocenters. The molecule has 10 heteroatoms. The van der Waals surface area contributed by atoms with Gasteiger partial charge in [0.05, 0.1) is 0 Å². The maximum absolute atomic E-state index is 13.5. The molecule has 32 heavy (non-hydrogen) atoms. The van der Waals surface area contributed by atoms with Crippen molar-refractivity contribution in [3.05, 3.63) is 48.7 Å². The van der Waals surface area contributed by atoms with Crippen molar-refractivity contribution in [1.29, 1.82) is 0 Å². The summed E-state index contributed by atoms with van der Waals surface area (Å²) in [5.74, 6) is 0.219. The predicted molar refractivity (Wildman–Crippen MR) is 109 cm³/mol. The molecule has 3 aromatic rings. The summed E-state index contributed by atoms with van der Waals surface area (Å²) in [6, 6.07) is 11.2. The first-order chi connectivity index (χ1) is 15.3. The molecule has 0 saturated carbocycles. The van der Waals surface area contributed by atoms with Crippen LogP contribution >= 0.6 is 0 Å². The van der Waals surface area contributed by atoms with Crippen molar-refractivity contribution in [1.82, 2.24) is 10.3 Å². The second-order valence-electron chi connectivity index (χ2n) is 7.67. The van der Waals surface area contributed by atoms with Crippen molar-refractivity contribution < 1.29 is 31.8 Å². The molecular weight excluding hydrogens is 430 g/mol. The minimum Gasteiger partial charge on any atom is -0.490 e. The third kappa shape index (κ3) is 3.97. The minimum absolute atomic E-state index is 0.163. The molecule has 1 saturated heterocycles. The normalized spacial score (nSPS) is 19.5. The van der Waals surface area contributed by atoms with Crippen LogP contribution in [0.3, 0.4) is 0 Å². The van der Waals surface area contributed by atoms with Crippen molar-refractivity contribution in [2.75, 3.05) is 18.4 Å². The maximum atomic E-state index is 13.5. The summed E-state index contributed by atoms with van der Waals surface area (Å²) in [6.45, 7) is 1.85. The van der Waals surface area contributed by atoms with Gasteiger partial charge in [-0.15, -0.1) is 0 Å². The Balaban J connectivity index is 1.36. The zero-order valence-electron chi connectivity index (χ0n) is 16.7. The number of ether oxygens (including phenoxy) is 3. The molecule has 2 aromatic carbocycles. The van der Waals surface area contributed by atoms with E-state index >= 15 is 0 Å². The van der Waals surface area contributed by atoms with E-state index in [2.05, 4.69) is 25.1 Å². The highest BCUT2D eigenvalue weighted by Crippen LogP contribution is 2.47. The van der Waals surface area contributed by atoms with E-state index in [1.54, 1.807) is 12.3 Å². The molecule has 0 amide bonds. The second kappa shape index (κ2) is 7.70. The fourth-order valence-electron chi connectivity index (χ4n) is 3.66. The SMILES string of the molecule is FC1(F)Oc2ccc(Nc3cc4cc(OC5CCNCC5)ccc4cn3)cc2OC1(F)F. The Morgan fingerprint density at radius 1 is 0.906 bits per heavy atom. The number of halogens is 4. The summed E-state index contributed by atoms with van der Waals surface area (Å²) in [4.78, 5) is 4.31. The number of benzene rings is 2. The molecule has 6 nitrogen and oxygen atoms in total. The molecule has 2 aliphatic rings. The molecule has 0 radical (unpaired) electrons. The monoisotopic (exact) mass is 449 g/mol. The number of pyridine rings is 1. The van der Waals surface area contributed by atoms with Crippen LogP contribution in [0.4, 0.5) is 29.1 Å². The Kier molecular flexibility index (Phi) is 4.96. The second-order valence-corrected chi connectivity index (χ2v) is 7.67. The number of aromatic nitrogens is 1. The topological polar surface area (TPSA) is 64.6 Å². The van der Waals surface area contributed by atoms with Crippen molar-refractivity contribution in [2.24, 2.45) is 0 Å². The van der Waals surface area contributed by atoms with Gasteiger partial charge in [-0.05, 0) is 67.7 Å². The van der Waals surface area contributed by atoms with Gasteiger partial charge in [0.25, 0.3) is 0 Å². The van der Waals surface area contributed by atoms with Gasteiger partial charge in [0.2, 0.25) is 0 Å². The number of rotatable bonds is 4. The van der Waals surface area contributed by atoms with Crippen LogP contribution in [-0.2, 0) is 0 Å². The van der Waals surface area contributed by atoms with E-state index in [0.29, 0.717) is 11.5 Å². The molecule has 2 N–H and O–H groups in total. The van der Waals surface area contributed by atoms with Crippen LogP contribution in [0.2, 0.25) is 0 Å². The smallest absolute Gasteiger partial charge is 0.490 e. The van der Waals surface area contributed by atoms with Crippen molar-refractivity contribution >= 4 is 22.3 Å². The first kappa shape index (κ1) is 20.6. The zero-order chi connectivity index (χ0) is 22.3. The van der Waals surface area contributed by atoms with E-state index in [1.165, 1.54) is 6.07 Å². The van der Waals surface area contributed by atoms with Crippen molar-refractivity contribution in [3.63, 3.8) is 0 Å². The summed E-state index contributed by atoms with van der Waals surface area (Å²) in [7, 11) is 0. The van der Waals surface area contributed by atoms with Gasteiger partial charge < -0.3 is 24.8 Å². The molecule has 1 aromatic heterocycles. The van der Waals surface area contributed by atoms with E-state index in [9.17, 15) is 17.6 Å². The molecular formula is C22H19F4N3O3. The lowest BCUT2D eigenvalue weighted by atomic mass is 10.1. The van der Waals surface area contributed by atoms with Crippen molar-refractivity contribution in [3.8, 4) is 17.2 Å². The van der Waals surface area contributed by atoms with Crippen LogP contribution in [0.25, 0.3) is 10.8 Å². The zero-order valence-corrected chi connectivity index (χ0v) is 16.7. The third-order valence-electron chi connectivity index (χ3n) is 5.31. The van der Waals surface area contributed by atoms with Gasteiger partial charge in [-0.1, -0.05) is 0 Å². The van der Waals surface area contributed by atoms with Gasteiger partial charge in [0.1, 0.15) is 17.7 Å². The quantitative estimate of drug-likeness (QED) is 0.543. The largest absolute Gasteiger partial charge is 0.507 e. The van der Waals surface area contributed by atoms with Gasteiger partial charge in [-0.3, -0.25) is 0 Å². The lowest BCUT2D eigenvalue weighted by Crippen LogP contribution is -2.52. The van der Waals surface area contributed by atoms with E-state index < -0.39 is 23.7 Å². The minimum atomic E-state index is -4.77. The van der Waals surface area contributed by atoms with E-state index in [0.717, 1.165) is 54.6 Å². The number of anilines is 2. The maximum Gasteiger partial charge on any atom is 0.507 e. The Morgan fingerprint density at radius 3 is 2.44 bits per heavy atom. The summed E-state index contributed by atoms with van der Waals surface area (Å²) in [5, 5.41) is 8.04. The Hall–Kier alpha value is -3.27. The summed E-state index contributed by atoms with van der Waals surface area (Å²) in [6.07, 6.45) is -5.81. The fraction of sp³-hybridized carbons (Fsp3) is 0.318. The average molecular weight is 449 g/mol. The summed E-state index contributed by atoms with van der Waals surface area (Å²) in [5.41, 5.74) is 0.322. The number of hydrogen-bond acceptors (Lipinski definition) is 6. The van der Waals surface area contributed by atoms with Gasteiger partial charge in [-0.2, -0.15) is 17.6 Å². The molecule has 168 valence electrons. The van der Waals surface area contributed by atoms with Gasteiger partial charge in [0, 0.05) is 23.3 Å². The lowest BCUT2D eigenvalue weighted by molar-refractivity contribution is -0.391. The first-order valence-corrected chi connectivity index (χ1v) is 10.1. The Labute approximate surface area is 180 Å². The van der Waals surface area contributed by atoms with Crippen molar-refractivity contribution in [2.45, 2.75) is 31.2 Å². The highest BCUT2D eigenvalue weighted by Gasteiger charge is 2.65. The summed E-state index contributed by atoms with van der Waals surface area (Å²) < 4.78 is 67.9. The molecule has 0 aliphatic carbocycles. The molecule has 0 bridgehead atoms. The van der Waals surface area contributed by atoms with Crippen LogP contribution < -0.4 is 24.8 Å². The van der Waals surface area contributed by atoms with Gasteiger partial charge >= 0.3 is 12.2 Å².